The Hall–Kier alpha value is -3.94. The predicted octanol–water partition coefficient (Wildman–Crippen LogP) is 0.756. The minimum atomic E-state index is -2.27. The maximum Gasteiger partial charge on any atom is 0.273 e. The zero-order valence-corrected chi connectivity index (χ0v) is 21.4. The quantitative estimate of drug-likeness (QED) is 0.185. The van der Waals surface area contributed by atoms with E-state index < -0.39 is 40.6 Å². The Morgan fingerprint density at radius 3 is 2.51 bits per heavy atom. The Kier molecular flexibility index (Phi) is 8.23. The van der Waals surface area contributed by atoms with Gasteiger partial charge in [-0.05, 0) is 12.1 Å². The molecule has 2 aliphatic heterocycles. The second-order valence-corrected chi connectivity index (χ2v) is 9.38. The van der Waals surface area contributed by atoms with Gasteiger partial charge in [0.2, 0.25) is 11.5 Å². The summed E-state index contributed by atoms with van der Waals surface area (Å²) < 4.78 is 20.8. The monoisotopic (exact) mass is 546 g/mol. The molecule has 6 N–H and O–H groups in total. The number of hydrogen-bond donors (Lipinski definition) is 6. The van der Waals surface area contributed by atoms with Gasteiger partial charge in [0, 0.05) is 68.4 Å². The minimum Gasteiger partial charge on any atom is -0.504 e. The molecule has 13 heteroatoms. The molecule has 4 rings (SSSR count). The van der Waals surface area contributed by atoms with E-state index in [0.717, 1.165) is 4.90 Å². The van der Waals surface area contributed by atoms with Gasteiger partial charge in [-0.1, -0.05) is 6.07 Å². The first-order chi connectivity index (χ1) is 18.6. The molecule has 210 valence electrons. The highest BCUT2D eigenvalue weighted by atomic mass is 19.1. The Labute approximate surface area is 223 Å². The first-order valence-corrected chi connectivity index (χ1v) is 12.4. The molecule has 2 heterocycles. The maximum absolute atomic E-state index is 15.5. The van der Waals surface area contributed by atoms with E-state index in [-0.39, 0.29) is 49.2 Å². The number of likely N-dealkylation sites (N-methyl/N-ethyl adjacent to an activating group) is 1. The molecule has 0 saturated carbocycles. The highest BCUT2D eigenvalue weighted by Gasteiger charge is 2.48. The zero-order chi connectivity index (χ0) is 28.3. The van der Waals surface area contributed by atoms with Crippen LogP contribution in [0.1, 0.15) is 39.9 Å². The zero-order valence-electron chi connectivity index (χ0n) is 21.4. The number of fused-ring (bicyclic) bond motifs is 1. The third-order valence-corrected chi connectivity index (χ3v) is 7.11. The standard InChI is InChI=1S/C26H31FN4O8/c1-28-25(37)26(38,6-3-9-32)31-14-17-15(24(31)36)4-2-5-19(17)29-12-16-20(27)18(22(34)23(35)21(16)33)13-30-7-10-39-11-8-30/h2,4-5,9,29,33-35,38H,3,6-8,10-14H2,1H3,(H,28,37). The fraction of sp³-hybridized carbons (Fsp3) is 0.423. The summed E-state index contributed by atoms with van der Waals surface area (Å²) in [5.41, 5.74) is -1.77. The number of benzene rings is 2. The first kappa shape index (κ1) is 28.1. The largest absolute Gasteiger partial charge is 0.504 e. The van der Waals surface area contributed by atoms with Crippen molar-refractivity contribution in [2.75, 3.05) is 38.7 Å². The number of amides is 2. The van der Waals surface area contributed by atoms with Crippen LogP contribution >= 0.6 is 0 Å². The van der Waals surface area contributed by atoms with E-state index >= 15 is 4.39 Å². The van der Waals surface area contributed by atoms with E-state index in [2.05, 4.69) is 10.6 Å². The highest BCUT2D eigenvalue weighted by Crippen LogP contribution is 2.44. The van der Waals surface area contributed by atoms with E-state index in [4.69, 9.17) is 4.74 Å². The molecule has 0 spiro atoms. The Bertz CT molecular complexity index is 1280. The van der Waals surface area contributed by atoms with Crippen LogP contribution in [-0.4, -0.2) is 87.4 Å². The van der Waals surface area contributed by atoms with Crippen LogP contribution in [0.15, 0.2) is 18.2 Å². The van der Waals surface area contributed by atoms with Crippen LogP contribution in [0.2, 0.25) is 0 Å². The van der Waals surface area contributed by atoms with Gasteiger partial charge in [-0.3, -0.25) is 19.4 Å². The number of hydrogen-bond acceptors (Lipinski definition) is 10. The number of rotatable bonds is 10. The summed E-state index contributed by atoms with van der Waals surface area (Å²) in [6, 6.07) is 4.67. The van der Waals surface area contributed by atoms with Gasteiger partial charge in [0.05, 0.1) is 25.3 Å². The number of aliphatic hydroxyl groups is 1. The number of anilines is 1. The number of halogens is 1. The minimum absolute atomic E-state index is 0.00900. The van der Waals surface area contributed by atoms with Crippen molar-refractivity contribution in [2.24, 2.45) is 0 Å². The number of ether oxygens (including phenoxy) is 1. The lowest BCUT2D eigenvalue weighted by Gasteiger charge is -2.35. The summed E-state index contributed by atoms with van der Waals surface area (Å²) in [6.07, 6.45) is 0.0668. The van der Waals surface area contributed by atoms with E-state index in [1.54, 1.807) is 12.1 Å². The van der Waals surface area contributed by atoms with Crippen molar-refractivity contribution >= 4 is 23.8 Å². The van der Waals surface area contributed by atoms with Crippen LogP contribution in [0, 0.1) is 5.82 Å². The Morgan fingerprint density at radius 1 is 1.15 bits per heavy atom. The van der Waals surface area contributed by atoms with Gasteiger partial charge in [0.25, 0.3) is 11.8 Å². The first-order valence-electron chi connectivity index (χ1n) is 12.4. The fourth-order valence-electron chi connectivity index (χ4n) is 4.89. The van der Waals surface area contributed by atoms with Crippen molar-refractivity contribution in [3.8, 4) is 17.2 Å². The molecule has 0 radical (unpaired) electrons. The lowest BCUT2D eigenvalue weighted by molar-refractivity contribution is -0.159. The summed E-state index contributed by atoms with van der Waals surface area (Å²) >= 11 is 0. The number of nitrogens with one attached hydrogen (secondary N) is 2. The third kappa shape index (κ3) is 5.20. The second-order valence-electron chi connectivity index (χ2n) is 9.38. The molecule has 2 amide bonds. The van der Waals surface area contributed by atoms with Crippen molar-refractivity contribution in [1.82, 2.24) is 15.1 Å². The molecule has 0 bridgehead atoms. The van der Waals surface area contributed by atoms with E-state index in [1.807, 2.05) is 4.90 Å². The number of aromatic hydroxyl groups is 3. The van der Waals surface area contributed by atoms with Crippen LogP contribution in [-0.2, 0) is 34.0 Å². The van der Waals surface area contributed by atoms with E-state index in [0.29, 0.717) is 43.8 Å². The number of phenolic OH excluding ortho intramolecular Hbond substituents is 3. The van der Waals surface area contributed by atoms with Gasteiger partial charge in [-0.25, -0.2) is 4.39 Å². The van der Waals surface area contributed by atoms with Crippen LogP contribution in [0.3, 0.4) is 0 Å². The van der Waals surface area contributed by atoms with Gasteiger partial charge in [0.15, 0.2) is 11.5 Å². The number of carbonyl (C=O) groups is 3. The molecule has 0 aliphatic carbocycles. The van der Waals surface area contributed by atoms with Gasteiger partial charge < -0.3 is 40.6 Å². The summed E-state index contributed by atoms with van der Waals surface area (Å²) in [7, 11) is 1.30. The van der Waals surface area contributed by atoms with Crippen molar-refractivity contribution in [1.29, 1.82) is 0 Å². The summed E-state index contributed by atoms with van der Waals surface area (Å²) in [5.74, 6) is -4.78. The van der Waals surface area contributed by atoms with Crippen molar-refractivity contribution in [2.45, 2.75) is 38.2 Å². The summed E-state index contributed by atoms with van der Waals surface area (Å²) in [4.78, 5) is 39.4. The molecule has 2 aliphatic rings. The normalized spacial score (nSPS) is 17.0. The molecule has 1 saturated heterocycles. The fourth-order valence-corrected chi connectivity index (χ4v) is 4.89. The van der Waals surface area contributed by atoms with Gasteiger partial charge in [-0.15, -0.1) is 0 Å². The van der Waals surface area contributed by atoms with Crippen LogP contribution < -0.4 is 10.6 Å². The van der Waals surface area contributed by atoms with E-state index in [9.17, 15) is 34.8 Å². The molecule has 39 heavy (non-hydrogen) atoms. The number of nitrogens with zero attached hydrogens (tertiary/aromatic N) is 2. The highest BCUT2D eigenvalue weighted by molar-refractivity contribution is 6.03. The molecule has 1 fully saturated rings. The maximum atomic E-state index is 15.5. The number of phenols is 3. The number of aldehydes is 1. The molecule has 2 aromatic rings. The topological polar surface area (TPSA) is 172 Å². The third-order valence-electron chi connectivity index (χ3n) is 7.11. The molecular weight excluding hydrogens is 515 g/mol. The predicted molar refractivity (Wildman–Crippen MR) is 135 cm³/mol. The lowest BCUT2D eigenvalue weighted by Crippen LogP contribution is -2.58. The van der Waals surface area contributed by atoms with Crippen molar-refractivity contribution in [3.63, 3.8) is 0 Å². The van der Waals surface area contributed by atoms with Crippen LogP contribution in [0.4, 0.5) is 10.1 Å². The number of carbonyl (C=O) groups excluding carboxylic acids is 3. The van der Waals surface area contributed by atoms with Gasteiger partial charge >= 0.3 is 0 Å². The van der Waals surface area contributed by atoms with Gasteiger partial charge in [-0.2, -0.15) is 0 Å². The lowest BCUT2D eigenvalue weighted by atomic mass is 10.0. The molecule has 1 atom stereocenters. The van der Waals surface area contributed by atoms with Gasteiger partial charge in [0.1, 0.15) is 12.1 Å². The van der Waals surface area contributed by atoms with Crippen molar-refractivity contribution < 1.29 is 43.9 Å². The average Bonchev–Trinajstić information content (AvgIpc) is 3.30. The summed E-state index contributed by atoms with van der Waals surface area (Å²) in [5, 5.41) is 47.5. The molecule has 1 unspecified atom stereocenters. The smallest absolute Gasteiger partial charge is 0.273 e. The average molecular weight is 547 g/mol. The van der Waals surface area contributed by atoms with Crippen molar-refractivity contribution in [3.05, 3.63) is 46.3 Å². The summed E-state index contributed by atoms with van der Waals surface area (Å²) in [6.45, 7) is 1.38. The van der Waals surface area contributed by atoms with Crippen LogP contribution in [0.25, 0.3) is 0 Å². The molecular formula is C26H31FN4O8. The van der Waals surface area contributed by atoms with Crippen LogP contribution in [0.5, 0.6) is 17.2 Å². The molecule has 0 aromatic heterocycles. The Morgan fingerprint density at radius 2 is 1.85 bits per heavy atom. The number of morpholine rings is 1. The molecule has 12 nitrogen and oxygen atoms in total. The SMILES string of the molecule is CNC(=O)C(O)(CCC=O)N1Cc2c(NCc3c(O)c(O)c(O)c(CN4CCOCC4)c3F)cccc2C1=O. The second kappa shape index (κ2) is 11.4. The van der Waals surface area contributed by atoms with E-state index in [1.165, 1.54) is 13.1 Å². The molecule has 2 aromatic carbocycles. The Balaban J connectivity index is 1.61.